The molecule has 1 aromatic carbocycles. The van der Waals surface area contributed by atoms with Crippen LogP contribution >= 0.6 is 0 Å². The summed E-state index contributed by atoms with van der Waals surface area (Å²) in [4.78, 5) is 4.40. The molecule has 1 aliphatic rings. The van der Waals surface area contributed by atoms with Crippen molar-refractivity contribution in [3.8, 4) is 5.75 Å². The topological polar surface area (TPSA) is 68.9 Å². The number of aryl methyl sites for hydroxylation is 1. The maximum Gasteiger partial charge on any atom is 0.189 e. The van der Waals surface area contributed by atoms with Gasteiger partial charge in [0.2, 0.25) is 0 Å². The molecule has 0 saturated heterocycles. The van der Waals surface area contributed by atoms with Crippen molar-refractivity contribution in [1.82, 2.24) is 5.32 Å². The van der Waals surface area contributed by atoms with Crippen molar-refractivity contribution in [2.24, 2.45) is 16.6 Å². The van der Waals surface area contributed by atoms with E-state index in [1.807, 2.05) is 6.92 Å². The van der Waals surface area contributed by atoms with E-state index in [1.54, 1.807) is 7.11 Å². The maximum absolute atomic E-state index is 5.94. The Morgan fingerprint density at radius 3 is 2.91 bits per heavy atom. The molecular weight excluding hydrogens is 278 g/mol. The van der Waals surface area contributed by atoms with Crippen molar-refractivity contribution in [3.05, 3.63) is 29.3 Å². The first-order valence-electron chi connectivity index (χ1n) is 7.86. The number of hydrogen-bond donors (Lipinski definition) is 2. The van der Waals surface area contributed by atoms with Gasteiger partial charge in [-0.2, -0.15) is 0 Å². The molecule has 3 N–H and O–H groups in total. The van der Waals surface area contributed by atoms with Gasteiger partial charge < -0.3 is 20.5 Å². The normalized spacial score (nSPS) is 16.4. The summed E-state index contributed by atoms with van der Waals surface area (Å²) < 4.78 is 11.0. The first kappa shape index (κ1) is 16.6. The molecule has 5 heteroatoms. The third-order valence-electron chi connectivity index (χ3n) is 3.62. The van der Waals surface area contributed by atoms with Crippen LogP contribution in [0.4, 0.5) is 0 Å². The molecule has 0 radical (unpaired) electrons. The van der Waals surface area contributed by atoms with E-state index in [1.165, 1.54) is 18.4 Å². The number of methoxy groups -OCH3 is 1. The van der Waals surface area contributed by atoms with Gasteiger partial charge in [0.05, 0.1) is 19.8 Å². The molecule has 1 aliphatic carbocycles. The number of hydrogen-bond acceptors (Lipinski definition) is 3. The zero-order chi connectivity index (χ0) is 15.9. The number of rotatable bonds is 8. The Bertz CT molecular complexity index is 513. The second-order valence-corrected chi connectivity index (χ2v) is 6.07. The van der Waals surface area contributed by atoms with Crippen molar-refractivity contribution in [2.75, 3.05) is 20.3 Å². The Kier molecular flexibility index (Phi) is 6.07. The molecule has 5 nitrogen and oxygen atoms in total. The van der Waals surface area contributed by atoms with Crippen LogP contribution in [0.5, 0.6) is 5.75 Å². The Morgan fingerprint density at radius 1 is 1.45 bits per heavy atom. The lowest BCUT2D eigenvalue weighted by Gasteiger charge is -2.14. The van der Waals surface area contributed by atoms with Crippen LogP contribution in [0.15, 0.2) is 23.2 Å². The number of nitrogens with one attached hydrogen (secondary N) is 1. The first-order chi connectivity index (χ1) is 10.6. The second-order valence-electron chi connectivity index (χ2n) is 6.07. The second kappa shape index (κ2) is 8.03. The number of nitrogens with two attached hydrogens (primary N) is 1. The molecule has 0 bridgehead atoms. The van der Waals surface area contributed by atoms with Crippen LogP contribution in [0.3, 0.4) is 0 Å². The van der Waals surface area contributed by atoms with Crippen molar-refractivity contribution < 1.29 is 9.47 Å². The molecule has 0 aliphatic heterocycles. The van der Waals surface area contributed by atoms with Crippen LogP contribution in [0.25, 0.3) is 0 Å². The minimum atomic E-state index is 0.136. The molecule has 2 rings (SSSR count). The van der Waals surface area contributed by atoms with Crippen molar-refractivity contribution in [2.45, 2.75) is 39.3 Å². The monoisotopic (exact) mass is 305 g/mol. The van der Waals surface area contributed by atoms with Crippen LogP contribution in [-0.4, -0.2) is 32.3 Å². The third-order valence-corrected chi connectivity index (χ3v) is 3.62. The molecule has 1 aromatic rings. The van der Waals surface area contributed by atoms with E-state index in [0.29, 0.717) is 19.1 Å². The van der Waals surface area contributed by atoms with Crippen molar-refractivity contribution in [3.63, 3.8) is 0 Å². The number of guanidine groups is 1. The fourth-order valence-electron chi connectivity index (χ4n) is 2.18. The molecule has 1 saturated carbocycles. The van der Waals surface area contributed by atoms with Gasteiger partial charge in [-0.05, 0) is 44.2 Å². The predicted molar refractivity (Wildman–Crippen MR) is 89.2 cm³/mol. The van der Waals surface area contributed by atoms with E-state index in [0.717, 1.165) is 23.8 Å². The lowest BCUT2D eigenvalue weighted by molar-refractivity contribution is 0.179. The van der Waals surface area contributed by atoms with E-state index >= 15 is 0 Å². The summed E-state index contributed by atoms with van der Waals surface area (Å²) >= 11 is 0. The van der Waals surface area contributed by atoms with Crippen molar-refractivity contribution >= 4 is 5.96 Å². The molecule has 0 aromatic heterocycles. The Morgan fingerprint density at radius 2 is 2.23 bits per heavy atom. The Labute approximate surface area is 132 Å². The molecule has 0 spiro atoms. The highest BCUT2D eigenvalue weighted by Crippen LogP contribution is 2.30. The summed E-state index contributed by atoms with van der Waals surface area (Å²) in [7, 11) is 1.67. The van der Waals surface area contributed by atoms with E-state index in [4.69, 9.17) is 15.2 Å². The minimum absolute atomic E-state index is 0.136. The zero-order valence-corrected chi connectivity index (χ0v) is 13.8. The lowest BCUT2D eigenvalue weighted by Crippen LogP contribution is -2.40. The number of ether oxygens (including phenoxy) is 2. The van der Waals surface area contributed by atoms with Gasteiger partial charge in [-0.25, -0.2) is 4.99 Å². The fourth-order valence-corrected chi connectivity index (χ4v) is 2.18. The fraction of sp³-hybridized carbons (Fsp3) is 0.588. The van der Waals surface area contributed by atoms with Crippen LogP contribution < -0.4 is 15.8 Å². The highest BCUT2D eigenvalue weighted by molar-refractivity contribution is 5.78. The first-order valence-corrected chi connectivity index (χ1v) is 7.86. The predicted octanol–water partition coefficient (Wildman–Crippen LogP) is 2.22. The average molecular weight is 305 g/mol. The summed E-state index contributed by atoms with van der Waals surface area (Å²) in [5.41, 5.74) is 8.17. The average Bonchev–Trinajstić information content (AvgIpc) is 3.28. The van der Waals surface area contributed by atoms with Crippen LogP contribution in [0.1, 0.15) is 30.9 Å². The number of nitrogens with zero attached hydrogens (tertiary/aromatic N) is 1. The minimum Gasteiger partial charge on any atom is -0.493 e. The maximum atomic E-state index is 5.94. The van der Waals surface area contributed by atoms with Gasteiger partial charge in [-0.1, -0.05) is 12.1 Å². The quantitative estimate of drug-likeness (QED) is 0.571. The van der Waals surface area contributed by atoms with Crippen LogP contribution in [0.2, 0.25) is 0 Å². The molecule has 0 heterocycles. The summed E-state index contributed by atoms with van der Waals surface area (Å²) in [6, 6.07) is 6.35. The van der Waals surface area contributed by atoms with E-state index < -0.39 is 0 Å². The van der Waals surface area contributed by atoms with E-state index in [2.05, 4.69) is 35.4 Å². The lowest BCUT2D eigenvalue weighted by atomic mass is 10.1. The molecule has 1 unspecified atom stereocenters. The Hall–Kier alpha value is -1.75. The highest BCUT2D eigenvalue weighted by Gasteiger charge is 2.22. The zero-order valence-electron chi connectivity index (χ0n) is 13.8. The molecule has 122 valence electrons. The number of aliphatic imine (C=N–C) groups is 1. The standard InChI is InChI=1S/C17H27N3O2/c1-12-4-7-15(16(8-12)22-11-14-5-6-14)9-19-17(18)20-13(2)10-21-3/h4,7-8,13-14H,5-6,9-11H2,1-3H3,(H3,18,19,20). The largest absolute Gasteiger partial charge is 0.493 e. The van der Waals surface area contributed by atoms with Gasteiger partial charge >= 0.3 is 0 Å². The van der Waals surface area contributed by atoms with Gasteiger partial charge in [-0.3, -0.25) is 0 Å². The van der Waals surface area contributed by atoms with E-state index in [9.17, 15) is 0 Å². The van der Waals surface area contributed by atoms with Crippen LogP contribution in [0, 0.1) is 12.8 Å². The molecular formula is C17H27N3O2. The SMILES string of the molecule is COCC(C)NC(N)=NCc1ccc(C)cc1OCC1CC1. The van der Waals surface area contributed by atoms with E-state index in [-0.39, 0.29) is 6.04 Å². The summed E-state index contributed by atoms with van der Waals surface area (Å²) in [6.45, 7) is 5.98. The van der Waals surface area contributed by atoms with Gasteiger partial charge in [0.1, 0.15) is 5.75 Å². The Balaban J connectivity index is 1.95. The molecule has 22 heavy (non-hydrogen) atoms. The van der Waals surface area contributed by atoms with Gasteiger partial charge in [0, 0.05) is 18.7 Å². The summed E-state index contributed by atoms with van der Waals surface area (Å²) in [5.74, 6) is 2.09. The molecule has 0 amide bonds. The highest BCUT2D eigenvalue weighted by atomic mass is 16.5. The van der Waals surface area contributed by atoms with Crippen molar-refractivity contribution in [1.29, 1.82) is 0 Å². The van der Waals surface area contributed by atoms with Gasteiger partial charge in [0.15, 0.2) is 5.96 Å². The summed E-state index contributed by atoms with van der Waals surface area (Å²) in [6.07, 6.45) is 2.57. The molecule has 1 fully saturated rings. The van der Waals surface area contributed by atoms with Crippen LogP contribution in [-0.2, 0) is 11.3 Å². The van der Waals surface area contributed by atoms with Gasteiger partial charge in [0.25, 0.3) is 0 Å². The van der Waals surface area contributed by atoms with Gasteiger partial charge in [-0.15, -0.1) is 0 Å². The molecule has 1 atom stereocenters. The third kappa shape index (κ3) is 5.56. The smallest absolute Gasteiger partial charge is 0.189 e. The summed E-state index contributed by atoms with van der Waals surface area (Å²) in [5, 5.41) is 3.10. The number of benzene rings is 1.